The first-order valence-electron chi connectivity index (χ1n) is 5.32. The van der Waals surface area contributed by atoms with Crippen molar-refractivity contribution in [2.24, 2.45) is 5.92 Å². The number of rotatable bonds is 2. The second-order valence-electron chi connectivity index (χ2n) is 4.05. The van der Waals surface area contributed by atoms with Crippen molar-refractivity contribution in [3.63, 3.8) is 0 Å². The molecular formula is C11H14ClN3O. The number of carbonyl (C=O) groups excluding carboxylic acids is 1. The second-order valence-corrected chi connectivity index (χ2v) is 4.49. The van der Waals surface area contributed by atoms with Crippen LogP contribution >= 0.6 is 11.6 Å². The van der Waals surface area contributed by atoms with Gasteiger partial charge in [-0.2, -0.15) is 0 Å². The number of aromatic nitrogens is 1. The first kappa shape index (κ1) is 11.4. The van der Waals surface area contributed by atoms with Crippen molar-refractivity contribution in [1.29, 1.82) is 0 Å². The van der Waals surface area contributed by atoms with E-state index in [9.17, 15) is 4.79 Å². The molecule has 16 heavy (non-hydrogen) atoms. The third-order valence-corrected chi connectivity index (χ3v) is 3.02. The molecule has 2 heterocycles. The molecule has 2 N–H and O–H groups in total. The van der Waals surface area contributed by atoms with Gasteiger partial charge in [0.25, 0.3) is 0 Å². The van der Waals surface area contributed by atoms with Crippen molar-refractivity contribution in [2.45, 2.75) is 19.4 Å². The Balaban J connectivity index is 1.99. The van der Waals surface area contributed by atoms with Gasteiger partial charge in [-0.1, -0.05) is 18.5 Å². The molecule has 1 aromatic heterocycles. The minimum absolute atomic E-state index is 0.0279. The lowest BCUT2D eigenvalue weighted by Gasteiger charge is -2.14. The highest BCUT2D eigenvalue weighted by Crippen LogP contribution is 2.16. The van der Waals surface area contributed by atoms with E-state index in [-0.39, 0.29) is 11.9 Å². The number of amides is 1. The van der Waals surface area contributed by atoms with E-state index in [4.69, 9.17) is 11.6 Å². The number of anilines is 1. The quantitative estimate of drug-likeness (QED) is 0.826. The number of nitrogens with one attached hydrogen (secondary N) is 2. The zero-order valence-corrected chi connectivity index (χ0v) is 9.79. The zero-order valence-electron chi connectivity index (χ0n) is 9.03. The average Bonchev–Trinajstić information content (AvgIpc) is 2.68. The van der Waals surface area contributed by atoms with Crippen LogP contribution in [0.3, 0.4) is 0 Å². The summed E-state index contributed by atoms with van der Waals surface area (Å²) in [5.41, 5.74) is 0. The van der Waals surface area contributed by atoms with Gasteiger partial charge in [0.05, 0.1) is 11.1 Å². The fraction of sp³-hybridized carbons (Fsp3) is 0.455. The summed E-state index contributed by atoms with van der Waals surface area (Å²) in [6.07, 6.45) is 2.55. The maximum Gasteiger partial charge on any atom is 0.242 e. The summed E-state index contributed by atoms with van der Waals surface area (Å²) in [5.74, 6) is 0.877. The summed E-state index contributed by atoms with van der Waals surface area (Å²) in [4.78, 5) is 15.9. The number of halogens is 1. The average molecular weight is 240 g/mol. The van der Waals surface area contributed by atoms with Crippen LogP contribution in [0.4, 0.5) is 5.82 Å². The summed E-state index contributed by atoms with van der Waals surface area (Å²) < 4.78 is 0. The lowest BCUT2D eigenvalue weighted by atomic mass is 10.0. The van der Waals surface area contributed by atoms with E-state index >= 15 is 0 Å². The summed E-state index contributed by atoms with van der Waals surface area (Å²) in [6.45, 7) is 2.97. The van der Waals surface area contributed by atoms with Gasteiger partial charge in [0, 0.05) is 6.20 Å². The van der Waals surface area contributed by atoms with Crippen LogP contribution in [-0.4, -0.2) is 23.5 Å². The van der Waals surface area contributed by atoms with Crippen LogP contribution in [0.15, 0.2) is 18.3 Å². The third kappa shape index (κ3) is 2.51. The molecule has 0 aliphatic carbocycles. The fourth-order valence-electron chi connectivity index (χ4n) is 1.84. The normalized spacial score (nSPS) is 24.4. The molecule has 1 fully saturated rings. The fourth-order valence-corrected chi connectivity index (χ4v) is 1.95. The first-order valence-corrected chi connectivity index (χ1v) is 5.70. The van der Waals surface area contributed by atoms with Crippen LogP contribution in [-0.2, 0) is 4.79 Å². The lowest BCUT2D eigenvalue weighted by Crippen LogP contribution is -2.39. The number of hydrogen-bond acceptors (Lipinski definition) is 3. The molecule has 5 heteroatoms. The van der Waals surface area contributed by atoms with E-state index in [1.54, 1.807) is 12.1 Å². The van der Waals surface area contributed by atoms with Crippen LogP contribution < -0.4 is 10.6 Å². The highest BCUT2D eigenvalue weighted by molar-refractivity contribution is 6.30. The Morgan fingerprint density at radius 2 is 2.44 bits per heavy atom. The molecule has 4 nitrogen and oxygen atoms in total. The largest absolute Gasteiger partial charge is 0.309 e. The minimum Gasteiger partial charge on any atom is -0.309 e. The summed E-state index contributed by atoms with van der Waals surface area (Å²) in [7, 11) is 0. The van der Waals surface area contributed by atoms with Gasteiger partial charge in [0.2, 0.25) is 5.91 Å². The summed E-state index contributed by atoms with van der Waals surface area (Å²) in [6, 6.07) is 3.28. The van der Waals surface area contributed by atoms with E-state index in [2.05, 4.69) is 22.5 Å². The molecule has 1 aliphatic rings. The molecule has 0 bridgehead atoms. The zero-order chi connectivity index (χ0) is 11.5. The maximum atomic E-state index is 11.9. The number of pyridine rings is 1. The Hall–Kier alpha value is -1.13. The highest BCUT2D eigenvalue weighted by Gasteiger charge is 2.29. The Bertz CT molecular complexity index is 379. The number of carbonyl (C=O) groups is 1. The van der Waals surface area contributed by atoms with Gasteiger partial charge in [-0.15, -0.1) is 0 Å². The second kappa shape index (κ2) is 4.80. The molecule has 2 unspecified atom stereocenters. The Labute approximate surface area is 99.4 Å². The van der Waals surface area contributed by atoms with E-state index in [0.29, 0.717) is 16.8 Å². The SMILES string of the molecule is CC1CCNC1C(=O)Nc1ccc(Cl)cn1. The highest BCUT2D eigenvalue weighted by atomic mass is 35.5. The molecule has 2 atom stereocenters. The molecule has 0 aromatic carbocycles. The molecule has 86 valence electrons. The van der Waals surface area contributed by atoms with Crippen molar-refractivity contribution in [1.82, 2.24) is 10.3 Å². The molecule has 2 rings (SSSR count). The standard InChI is InChI=1S/C11H14ClN3O/c1-7-4-5-13-10(7)11(16)15-9-3-2-8(12)6-14-9/h2-3,6-7,10,13H,4-5H2,1H3,(H,14,15,16). The monoisotopic (exact) mass is 239 g/mol. The first-order chi connectivity index (χ1) is 7.66. The Kier molecular flexibility index (Phi) is 3.41. The van der Waals surface area contributed by atoms with Crippen LogP contribution in [0.2, 0.25) is 5.02 Å². The van der Waals surface area contributed by atoms with E-state index in [1.165, 1.54) is 6.20 Å². The predicted molar refractivity (Wildman–Crippen MR) is 63.4 cm³/mol. The molecule has 0 radical (unpaired) electrons. The Morgan fingerprint density at radius 3 is 3.00 bits per heavy atom. The Morgan fingerprint density at radius 1 is 1.62 bits per heavy atom. The summed E-state index contributed by atoms with van der Waals surface area (Å²) >= 11 is 5.71. The molecular weight excluding hydrogens is 226 g/mol. The van der Waals surface area contributed by atoms with Gasteiger partial charge in [-0.05, 0) is 31.0 Å². The third-order valence-electron chi connectivity index (χ3n) is 2.79. The van der Waals surface area contributed by atoms with E-state index in [0.717, 1.165) is 13.0 Å². The smallest absolute Gasteiger partial charge is 0.242 e. The molecule has 1 aromatic rings. The van der Waals surface area contributed by atoms with Crippen molar-refractivity contribution in [2.75, 3.05) is 11.9 Å². The number of nitrogens with zero attached hydrogens (tertiary/aromatic N) is 1. The lowest BCUT2D eigenvalue weighted by molar-refractivity contribution is -0.118. The maximum absolute atomic E-state index is 11.9. The van der Waals surface area contributed by atoms with Crippen LogP contribution in [0.5, 0.6) is 0 Å². The van der Waals surface area contributed by atoms with Crippen LogP contribution in [0.25, 0.3) is 0 Å². The molecule has 1 saturated heterocycles. The van der Waals surface area contributed by atoms with E-state index < -0.39 is 0 Å². The van der Waals surface area contributed by atoms with Crippen molar-refractivity contribution in [3.05, 3.63) is 23.4 Å². The van der Waals surface area contributed by atoms with Gasteiger partial charge in [-0.3, -0.25) is 4.79 Å². The molecule has 1 amide bonds. The topological polar surface area (TPSA) is 54.0 Å². The van der Waals surface area contributed by atoms with Gasteiger partial charge < -0.3 is 10.6 Å². The van der Waals surface area contributed by atoms with Crippen molar-refractivity contribution >= 4 is 23.3 Å². The number of hydrogen-bond donors (Lipinski definition) is 2. The van der Waals surface area contributed by atoms with Gasteiger partial charge in [-0.25, -0.2) is 4.98 Å². The van der Waals surface area contributed by atoms with Gasteiger partial charge >= 0.3 is 0 Å². The van der Waals surface area contributed by atoms with Gasteiger partial charge in [0.15, 0.2) is 0 Å². The van der Waals surface area contributed by atoms with Crippen molar-refractivity contribution in [3.8, 4) is 0 Å². The predicted octanol–water partition coefficient (Wildman–Crippen LogP) is 1.67. The summed E-state index contributed by atoms with van der Waals surface area (Å²) in [5, 5.41) is 6.50. The minimum atomic E-state index is -0.113. The van der Waals surface area contributed by atoms with Crippen LogP contribution in [0, 0.1) is 5.92 Å². The van der Waals surface area contributed by atoms with Crippen LogP contribution in [0.1, 0.15) is 13.3 Å². The van der Waals surface area contributed by atoms with Gasteiger partial charge in [0.1, 0.15) is 5.82 Å². The van der Waals surface area contributed by atoms with Crippen molar-refractivity contribution < 1.29 is 4.79 Å². The molecule has 0 saturated carbocycles. The molecule has 1 aliphatic heterocycles. The van der Waals surface area contributed by atoms with E-state index in [1.807, 2.05) is 0 Å². The molecule has 0 spiro atoms.